The molecule has 1 N–H and O–H groups in total. The van der Waals surface area contributed by atoms with Crippen molar-refractivity contribution < 1.29 is 4.42 Å². The number of hydrogen-bond acceptors (Lipinski definition) is 4. The zero-order valence-corrected chi connectivity index (χ0v) is 11.5. The van der Waals surface area contributed by atoms with Crippen molar-refractivity contribution >= 4 is 11.8 Å². The Morgan fingerprint density at radius 1 is 1.44 bits per heavy atom. The second-order valence-electron chi connectivity index (χ2n) is 4.24. The van der Waals surface area contributed by atoms with Gasteiger partial charge in [-0.15, -0.1) is 0 Å². The van der Waals surface area contributed by atoms with Gasteiger partial charge in [-0.2, -0.15) is 0 Å². The molecule has 16 heavy (non-hydrogen) atoms. The van der Waals surface area contributed by atoms with Crippen LogP contribution in [0.2, 0.25) is 0 Å². The van der Waals surface area contributed by atoms with E-state index < -0.39 is 0 Å². The van der Waals surface area contributed by atoms with Crippen LogP contribution in [-0.4, -0.2) is 23.8 Å². The summed E-state index contributed by atoms with van der Waals surface area (Å²) in [6, 6.07) is 0. The van der Waals surface area contributed by atoms with E-state index in [-0.39, 0.29) is 0 Å². The Labute approximate surface area is 102 Å². The van der Waals surface area contributed by atoms with Gasteiger partial charge in [0.05, 0.1) is 5.69 Å². The van der Waals surface area contributed by atoms with Gasteiger partial charge in [-0.1, -0.05) is 25.6 Å². The highest BCUT2D eigenvalue weighted by atomic mass is 32.2. The van der Waals surface area contributed by atoms with E-state index in [4.69, 9.17) is 4.42 Å². The first-order valence-electron chi connectivity index (χ1n) is 5.91. The van der Waals surface area contributed by atoms with Gasteiger partial charge in [-0.25, -0.2) is 4.98 Å². The number of nitrogens with zero attached hydrogens (tertiary/aromatic N) is 1. The van der Waals surface area contributed by atoms with Crippen LogP contribution in [0.3, 0.4) is 0 Å². The number of nitrogens with one attached hydrogen (secondary N) is 1. The maximum atomic E-state index is 5.52. The minimum Gasteiger partial charge on any atom is -0.437 e. The number of hydrogen-bond donors (Lipinski definition) is 1. The number of thioether (sulfide) groups is 1. The summed E-state index contributed by atoms with van der Waals surface area (Å²) in [5.41, 5.74) is 0.999. The Hall–Kier alpha value is -0.480. The van der Waals surface area contributed by atoms with Crippen molar-refractivity contribution in [2.24, 2.45) is 5.92 Å². The molecule has 1 aromatic heterocycles. The first-order valence-corrected chi connectivity index (χ1v) is 6.89. The van der Waals surface area contributed by atoms with Crippen LogP contribution in [0.25, 0.3) is 0 Å². The van der Waals surface area contributed by atoms with Gasteiger partial charge in [-0.3, -0.25) is 0 Å². The molecule has 0 radical (unpaired) electrons. The summed E-state index contributed by atoms with van der Waals surface area (Å²) >= 11 is 1.70. The number of rotatable bonds is 7. The first-order chi connectivity index (χ1) is 7.63. The number of oxazole rings is 1. The molecule has 1 atom stereocenters. The molecule has 4 heteroatoms. The largest absolute Gasteiger partial charge is 0.437 e. The number of aromatic nitrogens is 1. The van der Waals surface area contributed by atoms with E-state index in [9.17, 15) is 0 Å². The predicted molar refractivity (Wildman–Crippen MR) is 69.0 cm³/mol. The Kier molecular flexibility index (Phi) is 5.91. The van der Waals surface area contributed by atoms with Crippen LogP contribution < -0.4 is 5.32 Å². The first kappa shape index (κ1) is 13.6. The summed E-state index contributed by atoms with van der Waals surface area (Å²) in [5.74, 6) is 2.62. The second kappa shape index (κ2) is 6.97. The molecule has 0 bridgehead atoms. The van der Waals surface area contributed by atoms with E-state index >= 15 is 0 Å². The predicted octanol–water partition coefficient (Wildman–Crippen LogP) is 3.02. The summed E-state index contributed by atoms with van der Waals surface area (Å²) in [6.07, 6.45) is 1.19. The Balaban J connectivity index is 2.23. The van der Waals surface area contributed by atoms with E-state index in [1.165, 1.54) is 6.42 Å². The maximum Gasteiger partial charge on any atom is 0.256 e. The van der Waals surface area contributed by atoms with Crippen molar-refractivity contribution in [3.63, 3.8) is 0 Å². The molecule has 0 saturated carbocycles. The Morgan fingerprint density at radius 3 is 2.75 bits per heavy atom. The summed E-state index contributed by atoms with van der Waals surface area (Å²) in [5, 5.41) is 4.23. The molecule has 0 fully saturated rings. The molecule has 1 aromatic rings. The third-order valence-electron chi connectivity index (χ3n) is 2.42. The monoisotopic (exact) mass is 242 g/mol. The Bertz CT molecular complexity index is 292. The van der Waals surface area contributed by atoms with Crippen molar-refractivity contribution in [2.75, 3.05) is 18.8 Å². The van der Waals surface area contributed by atoms with E-state index in [1.807, 2.05) is 13.8 Å². The van der Waals surface area contributed by atoms with Crippen molar-refractivity contribution in [3.05, 3.63) is 11.5 Å². The molecule has 0 spiro atoms. The minimum atomic E-state index is 0.643. The number of aryl methyl sites for hydroxylation is 2. The van der Waals surface area contributed by atoms with Gasteiger partial charge in [-0.05, 0) is 39.3 Å². The average Bonchev–Trinajstić information content (AvgIpc) is 2.56. The van der Waals surface area contributed by atoms with Gasteiger partial charge >= 0.3 is 0 Å². The zero-order valence-electron chi connectivity index (χ0n) is 10.7. The molecule has 1 heterocycles. The molecule has 0 amide bonds. The zero-order chi connectivity index (χ0) is 12.0. The third-order valence-corrected chi connectivity index (χ3v) is 3.58. The van der Waals surface area contributed by atoms with Crippen LogP contribution in [0.5, 0.6) is 0 Å². The van der Waals surface area contributed by atoms with Crippen LogP contribution in [0.4, 0.5) is 0 Å². The normalized spacial score (nSPS) is 13.0. The SMILES string of the molecule is CCCNCC(C)CSc1nc(C)c(C)o1. The van der Waals surface area contributed by atoms with Gasteiger partial charge in [0, 0.05) is 5.75 Å². The summed E-state index contributed by atoms with van der Waals surface area (Å²) in [7, 11) is 0. The summed E-state index contributed by atoms with van der Waals surface area (Å²) in [6.45, 7) is 10.5. The van der Waals surface area contributed by atoms with Gasteiger partial charge in [0.1, 0.15) is 5.76 Å². The van der Waals surface area contributed by atoms with Gasteiger partial charge < -0.3 is 9.73 Å². The fourth-order valence-electron chi connectivity index (χ4n) is 1.30. The van der Waals surface area contributed by atoms with Crippen molar-refractivity contribution in [3.8, 4) is 0 Å². The molecular formula is C12H22N2OS. The lowest BCUT2D eigenvalue weighted by atomic mass is 10.2. The van der Waals surface area contributed by atoms with Crippen LogP contribution in [0.15, 0.2) is 9.64 Å². The average molecular weight is 242 g/mol. The molecule has 0 aliphatic rings. The van der Waals surface area contributed by atoms with Gasteiger partial charge in [0.25, 0.3) is 5.22 Å². The highest BCUT2D eigenvalue weighted by molar-refractivity contribution is 7.99. The standard InChI is InChI=1S/C12H22N2OS/c1-5-6-13-7-9(2)8-16-12-14-10(3)11(4)15-12/h9,13H,5-8H2,1-4H3. The van der Waals surface area contributed by atoms with Crippen LogP contribution in [-0.2, 0) is 0 Å². The van der Waals surface area contributed by atoms with E-state index in [0.29, 0.717) is 5.92 Å². The van der Waals surface area contributed by atoms with Crippen LogP contribution >= 0.6 is 11.8 Å². The summed E-state index contributed by atoms with van der Waals surface area (Å²) < 4.78 is 5.52. The molecule has 3 nitrogen and oxygen atoms in total. The lowest BCUT2D eigenvalue weighted by Gasteiger charge is -2.10. The maximum absolute atomic E-state index is 5.52. The third kappa shape index (κ3) is 4.58. The lowest BCUT2D eigenvalue weighted by Crippen LogP contribution is -2.23. The highest BCUT2D eigenvalue weighted by Crippen LogP contribution is 2.21. The smallest absolute Gasteiger partial charge is 0.256 e. The van der Waals surface area contributed by atoms with Crippen LogP contribution in [0, 0.1) is 19.8 Å². The topological polar surface area (TPSA) is 38.1 Å². The van der Waals surface area contributed by atoms with Crippen LogP contribution in [0.1, 0.15) is 31.7 Å². The quantitative estimate of drug-likeness (QED) is 0.589. The molecule has 1 unspecified atom stereocenters. The van der Waals surface area contributed by atoms with E-state index in [0.717, 1.165) is 35.5 Å². The fourth-order valence-corrected chi connectivity index (χ4v) is 2.23. The fraction of sp³-hybridized carbons (Fsp3) is 0.750. The molecule has 0 aromatic carbocycles. The molecule has 92 valence electrons. The Morgan fingerprint density at radius 2 is 2.19 bits per heavy atom. The van der Waals surface area contributed by atoms with Crippen molar-refractivity contribution in [2.45, 2.75) is 39.3 Å². The minimum absolute atomic E-state index is 0.643. The highest BCUT2D eigenvalue weighted by Gasteiger charge is 2.08. The lowest BCUT2D eigenvalue weighted by molar-refractivity contribution is 0.430. The van der Waals surface area contributed by atoms with E-state index in [1.54, 1.807) is 11.8 Å². The van der Waals surface area contributed by atoms with Gasteiger partial charge in [0.15, 0.2) is 0 Å². The molecule has 0 aliphatic heterocycles. The van der Waals surface area contributed by atoms with Crippen molar-refractivity contribution in [1.82, 2.24) is 10.3 Å². The molecular weight excluding hydrogens is 220 g/mol. The second-order valence-corrected chi connectivity index (χ2v) is 5.21. The van der Waals surface area contributed by atoms with Gasteiger partial charge in [0.2, 0.25) is 0 Å². The molecule has 1 rings (SSSR count). The van der Waals surface area contributed by atoms with Crippen molar-refractivity contribution in [1.29, 1.82) is 0 Å². The van der Waals surface area contributed by atoms with E-state index in [2.05, 4.69) is 24.1 Å². The summed E-state index contributed by atoms with van der Waals surface area (Å²) in [4.78, 5) is 4.35. The molecule has 0 saturated heterocycles. The molecule has 0 aliphatic carbocycles.